The Morgan fingerprint density at radius 1 is 1.20 bits per heavy atom. The number of fused-ring (bicyclic) bond motifs is 1. The van der Waals surface area contributed by atoms with Gasteiger partial charge in [0.15, 0.2) is 0 Å². The van der Waals surface area contributed by atoms with Crippen LogP contribution in [0.5, 0.6) is 0 Å². The van der Waals surface area contributed by atoms with Crippen LogP contribution in [0.1, 0.15) is 24.8 Å². The number of sulfonamides is 1. The fourth-order valence-corrected chi connectivity index (χ4v) is 5.60. The first-order valence-corrected chi connectivity index (χ1v) is 9.22. The third kappa shape index (κ3) is 2.47. The lowest BCUT2D eigenvalue weighted by Crippen LogP contribution is -2.30. The largest absolute Gasteiger partial charge is 0.244 e. The first-order chi connectivity index (χ1) is 9.52. The van der Waals surface area contributed by atoms with Crippen LogP contribution < -0.4 is 0 Å². The molecule has 2 unspecified atom stereocenters. The van der Waals surface area contributed by atoms with Gasteiger partial charge in [-0.05, 0) is 42.4 Å². The Morgan fingerprint density at radius 2 is 1.85 bits per heavy atom. The van der Waals surface area contributed by atoms with E-state index in [2.05, 4.69) is 0 Å². The van der Waals surface area contributed by atoms with E-state index in [1.54, 1.807) is 22.5 Å². The molecule has 0 aromatic heterocycles. The zero-order chi connectivity index (χ0) is 14.3. The summed E-state index contributed by atoms with van der Waals surface area (Å²) < 4.78 is 27.1. The summed E-state index contributed by atoms with van der Waals surface area (Å²) in [6.45, 7) is 1.27. The van der Waals surface area contributed by atoms with E-state index in [0.717, 1.165) is 18.4 Å². The molecule has 1 aliphatic carbocycles. The van der Waals surface area contributed by atoms with Crippen LogP contribution in [-0.2, 0) is 15.9 Å². The number of benzene rings is 1. The van der Waals surface area contributed by atoms with Gasteiger partial charge in [0.1, 0.15) is 4.90 Å². The van der Waals surface area contributed by atoms with Gasteiger partial charge in [-0.3, -0.25) is 0 Å². The van der Waals surface area contributed by atoms with Crippen molar-refractivity contribution in [2.75, 3.05) is 13.1 Å². The lowest BCUT2D eigenvalue weighted by molar-refractivity contribution is 0.445. The van der Waals surface area contributed by atoms with Crippen LogP contribution in [0.2, 0.25) is 5.02 Å². The molecule has 3 rings (SSSR count). The Hall–Kier alpha value is -0.290. The summed E-state index contributed by atoms with van der Waals surface area (Å²) in [5, 5.41) is 0.274. The quantitative estimate of drug-likeness (QED) is 0.794. The molecule has 1 saturated heterocycles. The van der Waals surface area contributed by atoms with E-state index in [4.69, 9.17) is 23.2 Å². The van der Waals surface area contributed by atoms with Crippen molar-refractivity contribution >= 4 is 33.2 Å². The van der Waals surface area contributed by atoms with Gasteiger partial charge in [-0.25, -0.2) is 8.42 Å². The van der Waals surface area contributed by atoms with Crippen molar-refractivity contribution in [3.63, 3.8) is 0 Å². The zero-order valence-electron chi connectivity index (χ0n) is 11.1. The molecule has 2 fully saturated rings. The lowest BCUT2D eigenvalue weighted by Gasteiger charge is -2.18. The van der Waals surface area contributed by atoms with Crippen molar-refractivity contribution in [3.05, 3.63) is 28.8 Å². The molecule has 1 saturated carbocycles. The first kappa shape index (κ1) is 14.6. The lowest BCUT2D eigenvalue weighted by atomic mass is 10.0. The minimum absolute atomic E-state index is 0.192. The molecule has 1 heterocycles. The van der Waals surface area contributed by atoms with E-state index >= 15 is 0 Å². The van der Waals surface area contributed by atoms with Crippen molar-refractivity contribution in [2.24, 2.45) is 11.8 Å². The molecule has 1 aromatic carbocycles. The Morgan fingerprint density at radius 3 is 2.45 bits per heavy atom. The minimum atomic E-state index is -3.50. The maximum Gasteiger partial charge on any atom is 0.244 e. The predicted molar refractivity (Wildman–Crippen MR) is 80.6 cm³/mol. The third-order valence-electron chi connectivity index (χ3n) is 4.46. The van der Waals surface area contributed by atoms with Crippen molar-refractivity contribution in [2.45, 2.75) is 30.0 Å². The Labute approximate surface area is 129 Å². The number of halogens is 2. The highest BCUT2D eigenvalue weighted by Crippen LogP contribution is 2.40. The summed E-state index contributed by atoms with van der Waals surface area (Å²) in [5.74, 6) is 1.34. The highest BCUT2D eigenvalue weighted by atomic mass is 35.5. The number of alkyl halides is 1. The van der Waals surface area contributed by atoms with Crippen molar-refractivity contribution in [3.8, 4) is 0 Å². The second-order valence-corrected chi connectivity index (χ2v) is 8.25. The van der Waals surface area contributed by atoms with E-state index in [0.29, 0.717) is 24.9 Å². The first-order valence-electron chi connectivity index (χ1n) is 6.87. The second kappa shape index (κ2) is 5.48. The topological polar surface area (TPSA) is 37.4 Å². The van der Waals surface area contributed by atoms with Gasteiger partial charge in [-0.15, -0.1) is 11.6 Å². The molecule has 6 heteroatoms. The summed E-state index contributed by atoms with van der Waals surface area (Å²) in [5.41, 5.74) is 0.772. The van der Waals surface area contributed by atoms with Crippen LogP contribution in [0.3, 0.4) is 0 Å². The van der Waals surface area contributed by atoms with Crippen molar-refractivity contribution < 1.29 is 8.42 Å². The summed E-state index contributed by atoms with van der Waals surface area (Å²) in [6.07, 6.45) is 3.52. The van der Waals surface area contributed by atoms with E-state index in [-0.39, 0.29) is 15.8 Å². The molecule has 2 aliphatic rings. The molecule has 1 aromatic rings. The smallest absolute Gasteiger partial charge is 0.207 e. The van der Waals surface area contributed by atoms with Gasteiger partial charge in [0, 0.05) is 19.0 Å². The van der Waals surface area contributed by atoms with Crippen LogP contribution in [-0.4, -0.2) is 25.8 Å². The normalized spacial score (nSPS) is 26.9. The number of rotatable bonds is 3. The molecule has 0 amide bonds. The van der Waals surface area contributed by atoms with Crippen LogP contribution in [0.4, 0.5) is 0 Å². The molecule has 0 radical (unpaired) electrons. The summed E-state index contributed by atoms with van der Waals surface area (Å²) in [7, 11) is -3.50. The van der Waals surface area contributed by atoms with Crippen molar-refractivity contribution in [1.82, 2.24) is 4.31 Å². The molecule has 3 nitrogen and oxygen atoms in total. The number of hydrogen-bond donors (Lipinski definition) is 0. The second-order valence-electron chi connectivity index (χ2n) is 5.67. The van der Waals surface area contributed by atoms with Gasteiger partial charge in [-0.1, -0.05) is 24.1 Å². The van der Waals surface area contributed by atoms with Crippen LogP contribution in [0, 0.1) is 11.8 Å². The zero-order valence-corrected chi connectivity index (χ0v) is 13.4. The number of hydrogen-bond acceptors (Lipinski definition) is 2. The van der Waals surface area contributed by atoms with E-state index in [9.17, 15) is 8.42 Å². The fourth-order valence-electron chi connectivity index (χ4n) is 3.36. The van der Waals surface area contributed by atoms with Crippen LogP contribution >= 0.6 is 23.2 Å². The highest BCUT2D eigenvalue weighted by Gasteiger charge is 2.41. The van der Waals surface area contributed by atoms with Crippen LogP contribution in [0.25, 0.3) is 0 Å². The van der Waals surface area contributed by atoms with E-state index in [1.807, 2.05) is 0 Å². The Kier molecular flexibility index (Phi) is 4.01. The Balaban J connectivity index is 1.92. The maximum absolute atomic E-state index is 12.8. The molecular weight excluding hydrogens is 317 g/mol. The average Bonchev–Trinajstić information content (AvgIpc) is 3.00. The Bertz CT molecular complexity index is 606. The van der Waals surface area contributed by atoms with Gasteiger partial charge in [-0.2, -0.15) is 4.31 Å². The van der Waals surface area contributed by atoms with Gasteiger partial charge >= 0.3 is 0 Å². The van der Waals surface area contributed by atoms with Crippen LogP contribution in [0.15, 0.2) is 23.1 Å². The number of nitrogens with zero attached hydrogens (tertiary/aromatic N) is 1. The van der Waals surface area contributed by atoms with Gasteiger partial charge in [0.2, 0.25) is 10.0 Å². The average molecular weight is 334 g/mol. The molecular formula is C14H17Cl2NO2S. The summed E-state index contributed by atoms with van der Waals surface area (Å²) in [6, 6.07) is 4.97. The molecule has 20 heavy (non-hydrogen) atoms. The molecule has 2 atom stereocenters. The van der Waals surface area contributed by atoms with E-state index in [1.165, 1.54) is 6.42 Å². The molecule has 0 bridgehead atoms. The van der Waals surface area contributed by atoms with Crippen molar-refractivity contribution in [1.29, 1.82) is 0 Å². The molecule has 0 N–H and O–H groups in total. The fraction of sp³-hybridized carbons (Fsp3) is 0.571. The van der Waals surface area contributed by atoms with Gasteiger partial charge in [0.25, 0.3) is 0 Å². The SMILES string of the molecule is O=S(=O)(c1cc(CCl)ccc1Cl)N1CC2CCCC2C1. The predicted octanol–water partition coefficient (Wildman–Crippen LogP) is 3.50. The molecule has 0 spiro atoms. The third-order valence-corrected chi connectivity index (χ3v) is 7.08. The highest BCUT2D eigenvalue weighted by molar-refractivity contribution is 7.89. The molecule has 1 aliphatic heterocycles. The monoisotopic (exact) mass is 333 g/mol. The van der Waals surface area contributed by atoms with Gasteiger partial charge < -0.3 is 0 Å². The summed E-state index contributed by atoms with van der Waals surface area (Å²) >= 11 is 11.9. The standard InChI is InChI=1S/C14H17Cl2NO2S/c15-7-10-4-5-13(16)14(6-10)20(18,19)17-8-11-2-1-3-12(11)9-17/h4-6,11-12H,1-3,7-9H2. The van der Waals surface area contributed by atoms with Gasteiger partial charge in [0.05, 0.1) is 5.02 Å². The minimum Gasteiger partial charge on any atom is -0.207 e. The summed E-state index contributed by atoms with van der Waals surface area (Å²) in [4.78, 5) is 0.192. The maximum atomic E-state index is 12.8. The molecule has 110 valence electrons. The van der Waals surface area contributed by atoms with E-state index < -0.39 is 10.0 Å².